The van der Waals surface area contributed by atoms with Crippen LogP contribution in [0.25, 0.3) is 10.9 Å². The minimum Gasteiger partial charge on any atom is -0.356 e. The summed E-state index contributed by atoms with van der Waals surface area (Å²) in [5.41, 5.74) is 1.90. The number of benzene rings is 2. The number of anilines is 2. The van der Waals surface area contributed by atoms with Crippen molar-refractivity contribution in [1.82, 2.24) is 9.88 Å². The molecule has 0 saturated carbocycles. The van der Waals surface area contributed by atoms with E-state index in [0.717, 1.165) is 36.8 Å². The number of hydrogen-bond donors (Lipinski definition) is 1. The Labute approximate surface area is 180 Å². The fourth-order valence-corrected chi connectivity index (χ4v) is 3.86. The lowest BCUT2D eigenvalue weighted by Gasteiger charge is -2.23. The fourth-order valence-electron chi connectivity index (χ4n) is 3.68. The molecule has 7 heteroatoms. The van der Waals surface area contributed by atoms with Gasteiger partial charge in [0.05, 0.1) is 28.3 Å². The maximum Gasteiger partial charge on any atom is 0.257 e. The Balaban J connectivity index is 1.57. The van der Waals surface area contributed by atoms with Crippen LogP contribution in [0.2, 0.25) is 5.02 Å². The first-order valence-electron chi connectivity index (χ1n) is 9.97. The molecule has 0 spiro atoms. The van der Waals surface area contributed by atoms with Crippen molar-refractivity contribution in [2.45, 2.75) is 12.8 Å². The number of halogens is 1. The molecule has 1 aliphatic heterocycles. The number of para-hydroxylation sites is 2. The van der Waals surface area contributed by atoms with Crippen molar-refractivity contribution in [3.8, 4) is 0 Å². The predicted molar refractivity (Wildman–Crippen MR) is 120 cm³/mol. The third kappa shape index (κ3) is 4.24. The zero-order valence-corrected chi connectivity index (χ0v) is 17.5. The third-order valence-corrected chi connectivity index (χ3v) is 5.54. The number of amides is 2. The summed E-state index contributed by atoms with van der Waals surface area (Å²) in [7, 11) is 1.62. The average Bonchev–Trinajstić information content (AvgIpc) is 3.28. The van der Waals surface area contributed by atoms with Gasteiger partial charge in [0.25, 0.3) is 5.91 Å². The highest BCUT2D eigenvalue weighted by molar-refractivity contribution is 6.33. The number of pyridine rings is 1. The van der Waals surface area contributed by atoms with Crippen molar-refractivity contribution in [3.05, 3.63) is 65.2 Å². The molecule has 4 rings (SSSR count). The number of nitrogens with one attached hydrogen (secondary N) is 1. The number of rotatable bonds is 5. The molecule has 2 heterocycles. The van der Waals surface area contributed by atoms with E-state index in [1.54, 1.807) is 31.3 Å². The minimum atomic E-state index is -0.310. The molecule has 2 aromatic carbocycles. The van der Waals surface area contributed by atoms with Gasteiger partial charge in [-0.1, -0.05) is 41.9 Å². The summed E-state index contributed by atoms with van der Waals surface area (Å²) in [4.78, 5) is 34.1. The van der Waals surface area contributed by atoms with Crippen LogP contribution in [0.1, 0.15) is 23.2 Å². The Kier molecular flexibility index (Phi) is 5.86. The van der Waals surface area contributed by atoms with E-state index >= 15 is 0 Å². The van der Waals surface area contributed by atoms with Crippen LogP contribution in [0.15, 0.2) is 54.6 Å². The summed E-state index contributed by atoms with van der Waals surface area (Å²) in [5, 5.41) is 4.11. The molecular formula is C23H23ClN4O2. The Morgan fingerprint density at radius 2 is 1.80 bits per heavy atom. The van der Waals surface area contributed by atoms with Crippen LogP contribution in [0, 0.1) is 0 Å². The quantitative estimate of drug-likeness (QED) is 0.669. The fraction of sp³-hybridized carbons (Fsp3) is 0.261. The van der Waals surface area contributed by atoms with E-state index in [1.807, 2.05) is 30.3 Å². The highest BCUT2D eigenvalue weighted by atomic mass is 35.5. The Bertz CT molecular complexity index is 1100. The van der Waals surface area contributed by atoms with Gasteiger partial charge in [-0.15, -0.1) is 0 Å². The van der Waals surface area contributed by atoms with Crippen LogP contribution < -0.4 is 10.2 Å². The topological polar surface area (TPSA) is 65.5 Å². The molecule has 1 aliphatic rings. The van der Waals surface area contributed by atoms with E-state index in [9.17, 15) is 9.59 Å². The summed E-state index contributed by atoms with van der Waals surface area (Å²) >= 11 is 6.10. The zero-order valence-electron chi connectivity index (χ0n) is 16.8. The number of hydrogen-bond acceptors (Lipinski definition) is 4. The van der Waals surface area contributed by atoms with Crippen molar-refractivity contribution in [3.63, 3.8) is 0 Å². The zero-order chi connectivity index (χ0) is 21.1. The largest absolute Gasteiger partial charge is 0.356 e. The van der Waals surface area contributed by atoms with E-state index in [1.165, 1.54) is 4.90 Å². The number of likely N-dealkylation sites (N-methyl/N-ethyl adjacent to an activating group) is 1. The monoisotopic (exact) mass is 422 g/mol. The van der Waals surface area contributed by atoms with Gasteiger partial charge in [-0.3, -0.25) is 9.59 Å². The minimum absolute atomic E-state index is 0.0870. The predicted octanol–water partition coefficient (Wildman–Crippen LogP) is 4.20. The van der Waals surface area contributed by atoms with Crippen LogP contribution in [-0.2, 0) is 4.79 Å². The summed E-state index contributed by atoms with van der Waals surface area (Å²) in [6.07, 6.45) is 2.16. The van der Waals surface area contributed by atoms with E-state index < -0.39 is 0 Å². The summed E-state index contributed by atoms with van der Waals surface area (Å²) < 4.78 is 0. The molecule has 0 aliphatic carbocycles. The average molecular weight is 423 g/mol. The number of fused-ring (bicyclic) bond motifs is 1. The van der Waals surface area contributed by atoms with Crippen molar-refractivity contribution in [2.75, 3.05) is 36.9 Å². The molecule has 3 aromatic rings. The van der Waals surface area contributed by atoms with Gasteiger partial charge in [0.2, 0.25) is 5.91 Å². The molecule has 1 N–H and O–H groups in total. The number of carbonyl (C=O) groups excluding carboxylic acids is 2. The smallest absolute Gasteiger partial charge is 0.257 e. The second-order valence-corrected chi connectivity index (χ2v) is 7.84. The van der Waals surface area contributed by atoms with Crippen LogP contribution >= 0.6 is 11.6 Å². The number of nitrogens with zero attached hydrogens (tertiary/aromatic N) is 3. The lowest BCUT2D eigenvalue weighted by atomic mass is 10.1. The molecule has 1 fully saturated rings. The summed E-state index contributed by atoms with van der Waals surface area (Å²) in [5.74, 6) is 0.148. The standard InChI is InChI=1S/C23H23ClN4O2/c1-27(15-21(29)25-20-11-5-3-9-18(20)24)23(30)17-14-16-8-2-4-10-19(16)26-22(17)28-12-6-7-13-28/h2-5,8-11,14H,6-7,12-13,15H2,1H3,(H,25,29). The molecule has 1 saturated heterocycles. The van der Waals surface area contributed by atoms with Crippen LogP contribution in [-0.4, -0.2) is 48.4 Å². The van der Waals surface area contributed by atoms with Crippen LogP contribution in [0.3, 0.4) is 0 Å². The molecule has 0 unspecified atom stereocenters. The lowest BCUT2D eigenvalue weighted by Crippen LogP contribution is -2.36. The molecule has 30 heavy (non-hydrogen) atoms. The van der Waals surface area contributed by atoms with Gasteiger partial charge in [-0.2, -0.15) is 0 Å². The van der Waals surface area contributed by atoms with E-state index in [-0.39, 0.29) is 18.4 Å². The molecule has 0 bridgehead atoms. The first kappa shape index (κ1) is 20.2. The summed E-state index contributed by atoms with van der Waals surface area (Å²) in [6.45, 7) is 1.67. The van der Waals surface area contributed by atoms with Gasteiger partial charge >= 0.3 is 0 Å². The molecule has 154 valence electrons. The van der Waals surface area contributed by atoms with Crippen molar-refractivity contribution < 1.29 is 9.59 Å². The molecule has 2 amide bonds. The Hall–Kier alpha value is -3.12. The number of carbonyl (C=O) groups is 2. The lowest BCUT2D eigenvalue weighted by molar-refractivity contribution is -0.116. The van der Waals surface area contributed by atoms with Gasteiger partial charge < -0.3 is 15.1 Å². The molecule has 0 radical (unpaired) electrons. The van der Waals surface area contributed by atoms with Gasteiger partial charge in [-0.05, 0) is 37.1 Å². The van der Waals surface area contributed by atoms with E-state index in [0.29, 0.717) is 22.1 Å². The maximum absolute atomic E-state index is 13.3. The van der Waals surface area contributed by atoms with Gasteiger partial charge in [-0.25, -0.2) is 4.98 Å². The van der Waals surface area contributed by atoms with Crippen molar-refractivity contribution >= 4 is 45.8 Å². The summed E-state index contributed by atoms with van der Waals surface area (Å²) in [6, 6.07) is 16.6. The SMILES string of the molecule is CN(CC(=O)Nc1ccccc1Cl)C(=O)c1cc2ccccc2nc1N1CCCC1. The second kappa shape index (κ2) is 8.71. The van der Waals surface area contributed by atoms with Crippen LogP contribution in [0.5, 0.6) is 0 Å². The van der Waals surface area contributed by atoms with Gasteiger partial charge in [0, 0.05) is 25.5 Å². The Morgan fingerprint density at radius 1 is 1.10 bits per heavy atom. The van der Waals surface area contributed by atoms with Crippen LogP contribution in [0.4, 0.5) is 11.5 Å². The normalized spacial score (nSPS) is 13.5. The first-order chi connectivity index (χ1) is 14.5. The third-order valence-electron chi connectivity index (χ3n) is 5.22. The van der Waals surface area contributed by atoms with E-state index in [2.05, 4.69) is 10.2 Å². The van der Waals surface area contributed by atoms with Gasteiger partial charge in [0.1, 0.15) is 5.82 Å². The number of aromatic nitrogens is 1. The molecule has 1 aromatic heterocycles. The van der Waals surface area contributed by atoms with E-state index in [4.69, 9.17) is 16.6 Å². The highest BCUT2D eigenvalue weighted by Gasteiger charge is 2.25. The first-order valence-corrected chi connectivity index (χ1v) is 10.4. The molecular weight excluding hydrogens is 400 g/mol. The maximum atomic E-state index is 13.3. The van der Waals surface area contributed by atoms with Gasteiger partial charge in [0.15, 0.2) is 0 Å². The molecule has 6 nitrogen and oxygen atoms in total. The van der Waals surface area contributed by atoms with Crippen molar-refractivity contribution in [1.29, 1.82) is 0 Å². The van der Waals surface area contributed by atoms with Crippen molar-refractivity contribution in [2.24, 2.45) is 0 Å². The highest BCUT2D eigenvalue weighted by Crippen LogP contribution is 2.27. The second-order valence-electron chi connectivity index (χ2n) is 7.44. The Morgan fingerprint density at radius 3 is 2.57 bits per heavy atom. The molecule has 0 atom stereocenters.